The number of hydrogen-bond acceptors (Lipinski definition) is 8. The molecule has 164 valence electrons. The van der Waals surface area contributed by atoms with E-state index in [1.54, 1.807) is 14.7 Å². The Morgan fingerprint density at radius 1 is 0.690 bits per heavy atom. The van der Waals surface area contributed by atoms with Crippen molar-refractivity contribution in [1.82, 2.24) is 24.5 Å². The van der Waals surface area contributed by atoms with Crippen LogP contribution in [0.2, 0.25) is 0 Å². The van der Waals surface area contributed by atoms with E-state index in [4.69, 9.17) is 29.4 Å². The van der Waals surface area contributed by atoms with E-state index in [-0.39, 0.29) is 26.2 Å². The van der Waals surface area contributed by atoms with Crippen molar-refractivity contribution in [2.24, 2.45) is 0 Å². The van der Waals surface area contributed by atoms with Crippen LogP contribution >= 0.6 is 0 Å². The molecule has 1 aliphatic heterocycles. The highest BCUT2D eigenvalue weighted by atomic mass is 16.4. The Bertz CT molecular complexity index is 519. The van der Waals surface area contributed by atoms with Crippen molar-refractivity contribution in [3.8, 4) is 0 Å². The number of carbonyl (C=O) groups is 3. The Balaban J connectivity index is 2.73. The first-order chi connectivity index (χ1) is 13.7. The molecule has 11 heteroatoms. The maximum absolute atomic E-state index is 11.1. The molecule has 0 bridgehead atoms. The Kier molecular flexibility index (Phi) is 11.7. The second kappa shape index (κ2) is 13.4. The predicted octanol–water partition coefficient (Wildman–Crippen LogP) is -1.90. The van der Waals surface area contributed by atoms with Gasteiger partial charge in [0.05, 0.1) is 19.6 Å². The molecular formula is C18H31N5O6. The van der Waals surface area contributed by atoms with Crippen LogP contribution in [-0.2, 0) is 14.4 Å². The molecule has 0 amide bonds. The average Bonchev–Trinajstić information content (AvgIpc) is 2.60. The van der Waals surface area contributed by atoms with E-state index in [9.17, 15) is 14.4 Å². The summed E-state index contributed by atoms with van der Waals surface area (Å²) in [6.07, 6.45) is 0. The Morgan fingerprint density at radius 2 is 1.10 bits per heavy atom. The summed E-state index contributed by atoms with van der Waals surface area (Å²) in [5.74, 6) is -3.10. The van der Waals surface area contributed by atoms with E-state index >= 15 is 0 Å². The van der Waals surface area contributed by atoms with Crippen LogP contribution in [0.4, 0.5) is 0 Å². The van der Waals surface area contributed by atoms with Crippen molar-refractivity contribution in [3.63, 3.8) is 0 Å². The SMILES string of the molecule is [CH]N1CCN([CH])CCN(CC(=O)O)CCN(CCN(CC(=O)O)CC(=O)O)CC1. The molecule has 0 atom stereocenters. The van der Waals surface area contributed by atoms with E-state index in [1.807, 2.05) is 4.90 Å². The number of carboxylic acid groups (broad SMARTS) is 3. The zero-order valence-electron chi connectivity index (χ0n) is 16.6. The molecule has 29 heavy (non-hydrogen) atoms. The van der Waals surface area contributed by atoms with Crippen LogP contribution in [0.1, 0.15) is 0 Å². The summed E-state index contributed by atoms with van der Waals surface area (Å²) in [4.78, 5) is 41.5. The van der Waals surface area contributed by atoms with Crippen molar-refractivity contribution in [1.29, 1.82) is 0 Å². The van der Waals surface area contributed by atoms with Crippen LogP contribution in [-0.4, -0.2) is 143 Å². The van der Waals surface area contributed by atoms with Crippen LogP contribution in [0.3, 0.4) is 0 Å². The van der Waals surface area contributed by atoms with Crippen LogP contribution in [0.15, 0.2) is 0 Å². The molecule has 4 radical (unpaired) electrons. The lowest BCUT2D eigenvalue weighted by Gasteiger charge is -2.32. The molecule has 1 saturated heterocycles. The molecule has 1 fully saturated rings. The normalized spacial score (nSPS) is 19.6. The fraction of sp³-hybridized carbons (Fsp3) is 0.722. The first kappa shape index (κ1) is 25.2. The van der Waals surface area contributed by atoms with Crippen molar-refractivity contribution >= 4 is 17.9 Å². The zero-order chi connectivity index (χ0) is 21.8. The standard InChI is InChI=1S/C18H31N5O6/c1-19-3-4-20(2)6-8-22(13-16(24)25)11-9-21(7-5-19)10-12-23(14-17(26)27)15-18(28)29/h1-2H,3-15H2,(H,24,25)(H,26,27)(H,28,29). The van der Waals surface area contributed by atoms with Gasteiger partial charge < -0.3 is 15.3 Å². The van der Waals surface area contributed by atoms with Gasteiger partial charge in [0.15, 0.2) is 0 Å². The van der Waals surface area contributed by atoms with Crippen LogP contribution in [0.25, 0.3) is 0 Å². The van der Waals surface area contributed by atoms with Gasteiger partial charge in [-0.25, -0.2) is 0 Å². The number of rotatable bonds is 9. The van der Waals surface area contributed by atoms with Gasteiger partial charge in [0.2, 0.25) is 0 Å². The molecule has 0 spiro atoms. The second-order valence-corrected chi connectivity index (χ2v) is 7.08. The lowest BCUT2D eigenvalue weighted by molar-refractivity contribution is -0.142. The molecule has 1 aliphatic rings. The molecule has 3 N–H and O–H groups in total. The molecule has 11 nitrogen and oxygen atoms in total. The van der Waals surface area contributed by atoms with E-state index in [1.165, 1.54) is 4.90 Å². The summed E-state index contributed by atoms with van der Waals surface area (Å²) in [6, 6.07) is 0. The zero-order valence-corrected chi connectivity index (χ0v) is 16.6. The highest BCUT2D eigenvalue weighted by Gasteiger charge is 2.18. The first-order valence-corrected chi connectivity index (χ1v) is 9.47. The van der Waals surface area contributed by atoms with E-state index in [0.717, 1.165) is 0 Å². The molecule has 1 heterocycles. The van der Waals surface area contributed by atoms with Gasteiger partial charge in [-0.3, -0.25) is 38.9 Å². The number of aliphatic carboxylic acids is 3. The van der Waals surface area contributed by atoms with Crippen LogP contribution < -0.4 is 0 Å². The molecule has 0 aliphatic carbocycles. The van der Waals surface area contributed by atoms with Gasteiger partial charge in [-0.15, -0.1) is 0 Å². The van der Waals surface area contributed by atoms with Crippen molar-refractivity contribution in [2.45, 2.75) is 0 Å². The summed E-state index contributed by atoms with van der Waals surface area (Å²) < 4.78 is 0. The molecule has 0 unspecified atom stereocenters. The Hall–Kier alpha value is -1.79. The molecule has 0 saturated carbocycles. The number of nitrogens with zero attached hydrogens (tertiary/aromatic N) is 5. The monoisotopic (exact) mass is 413 g/mol. The van der Waals surface area contributed by atoms with Gasteiger partial charge in [0.25, 0.3) is 0 Å². The van der Waals surface area contributed by atoms with E-state index in [2.05, 4.69) is 0 Å². The van der Waals surface area contributed by atoms with Gasteiger partial charge in [-0.2, -0.15) is 0 Å². The molecule has 0 aromatic carbocycles. The maximum atomic E-state index is 11.1. The topological polar surface area (TPSA) is 128 Å². The first-order valence-electron chi connectivity index (χ1n) is 9.47. The molecule has 0 aromatic rings. The van der Waals surface area contributed by atoms with Gasteiger partial charge >= 0.3 is 17.9 Å². The minimum atomic E-state index is -1.09. The van der Waals surface area contributed by atoms with Crippen molar-refractivity contribution < 1.29 is 29.7 Å². The largest absolute Gasteiger partial charge is 0.480 e. The summed E-state index contributed by atoms with van der Waals surface area (Å²) in [6.45, 7) is 4.13. The van der Waals surface area contributed by atoms with Gasteiger partial charge in [-0.05, 0) is 0 Å². The lowest BCUT2D eigenvalue weighted by atomic mass is 10.3. The fourth-order valence-electron chi connectivity index (χ4n) is 2.98. The Morgan fingerprint density at radius 3 is 1.59 bits per heavy atom. The molecular weight excluding hydrogens is 382 g/mol. The highest BCUT2D eigenvalue weighted by Crippen LogP contribution is 2.00. The Labute approximate surface area is 172 Å². The average molecular weight is 413 g/mol. The van der Waals surface area contributed by atoms with Crippen molar-refractivity contribution in [3.05, 3.63) is 14.1 Å². The maximum Gasteiger partial charge on any atom is 0.317 e. The van der Waals surface area contributed by atoms with Gasteiger partial charge in [0, 0.05) is 79.5 Å². The molecule has 0 aromatic heterocycles. The third kappa shape index (κ3) is 12.4. The summed E-state index contributed by atoms with van der Waals surface area (Å²) in [5, 5.41) is 27.1. The predicted molar refractivity (Wildman–Crippen MR) is 104 cm³/mol. The highest BCUT2D eigenvalue weighted by molar-refractivity contribution is 5.72. The fourth-order valence-corrected chi connectivity index (χ4v) is 2.98. The summed E-state index contributed by atoms with van der Waals surface area (Å²) in [7, 11) is 11.9. The summed E-state index contributed by atoms with van der Waals surface area (Å²) in [5.41, 5.74) is 0. The van der Waals surface area contributed by atoms with E-state index < -0.39 is 17.9 Å². The summed E-state index contributed by atoms with van der Waals surface area (Å²) >= 11 is 0. The van der Waals surface area contributed by atoms with Gasteiger partial charge in [0.1, 0.15) is 0 Å². The van der Waals surface area contributed by atoms with Crippen LogP contribution in [0.5, 0.6) is 0 Å². The van der Waals surface area contributed by atoms with Crippen LogP contribution in [0, 0.1) is 14.1 Å². The minimum absolute atomic E-state index is 0.102. The lowest BCUT2D eigenvalue weighted by Crippen LogP contribution is -2.47. The van der Waals surface area contributed by atoms with Crippen molar-refractivity contribution in [2.75, 3.05) is 85.1 Å². The number of carboxylic acids is 3. The quantitative estimate of drug-likeness (QED) is 0.392. The van der Waals surface area contributed by atoms with Gasteiger partial charge in [-0.1, -0.05) is 0 Å². The third-order valence-corrected chi connectivity index (χ3v) is 4.62. The second-order valence-electron chi connectivity index (χ2n) is 7.08. The minimum Gasteiger partial charge on any atom is -0.480 e. The smallest absolute Gasteiger partial charge is 0.317 e. The van der Waals surface area contributed by atoms with E-state index in [0.29, 0.717) is 58.9 Å². The third-order valence-electron chi connectivity index (χ3n) is 4.62. The number of hydrogen-bond donors (Lipinski definition) is 3. The molecule has 1 rings (SSSR count).